The molecule has 1 fully saturated rings. The van der Waals surface area contributed by atoms with E-state index in [0.717, 1.165) is 5.92 Å². The number of aromatic nitrogens is 1. The summed E-state index contributed by atoms with van der Waals surface area (Å²) in [7, 11) is 0. The fourth-order valence-electron chi connectivity index (χ4n) is 3.04. The minimum atomic E-state index is 0.418. The summed E-state index contributed by atoms with van der Waals surface area (Å²) in [4.78, 5) is 4.20. The predicted molar refractivity (Wildman–Crippen MR) is 76.4 cm³/mol. The van der Waals surface area contributed by atoms with Crippen LogP contribution in [0.25, 0.3) is 0 Å². The molecule has 0 radical (unpaired) electrons. The zero-order valence-electron chi connectivity index (χ0n) is 11.7. The van der Waals surface area contributed by atoms with Crippen molar-refractivity contribution in [3.05, 3.63) is 30.1 Å². The maximum Gasteiger partial charge on any atom is 0.0315 e. The molecule has 0 aliphatic heterocycles. The highest BCUT2D eigenvalue weighted by Gasteiger charge is 2.19. The molecular formula is C16H26N2. The number of hydrogen-bond donors (Lipinski definition) is 1. The Morgan fingerprint density at radius 1 is 1.33 bits per heavy atom. The average Bonchev–Trinajstić information content (AvgIpc) is 2.65. The van der Waals surface area contributed by atoms with E-state index >= 15 is 0 Å². The lowest BCUT2D eigenvalue weighted by molar-refractivity contribution is 0.399. The summed E-state index contributed by atoms with van der Waals surface area (Å²) in [5.41, 5.74) is 1.30. The molecule has 2 unspecified atom stereocenters. The largest absolute Gasteiger partial charge is 0.307 e. The minimum Gasteiger partial charge on any atom is -0.307 e. The Bertz CT molecular complexity index is 336. The Hall–Kier alpha value is -0.890. The van der Waals surface area contributed by atoms with Crippen molar-refractivity contribution >= 4 is 0 Å². The first-order valence-electron chi connectivity index (χ1n) is 7.45. The molecule has 0 bridgehead atoms. The molecule has 2 nitrogen and oxygen atoms in total. The maximum atomic E-state index is 4.20. The summed E-state index contributed by atoms with van der Waals surface area (Å²) in [5, 5.41) is 3.78. The summed E-state index contributed by atoms with van der Waals surface area (Å²) in [6, 6.07) is 5.29. The number of pyridine rings is 1. The summed E-state index contributed by atoms with van der Waals surface area (Å²) in [5.74, 6) is 0.963. The van der Waals surface area contributed by atoms with Crippen LogP contribution in [-0.4, -0.2) is 11.0 Å². The lowest BCUT2D eigenvalue weighted by Crippen LogP contribution is -2.31. The lowest BCUT2D eigenvalue weighted by Gasteiger charge is -2.22. The van der Waals surface area contributed by atoms with Gasteiger partial charge in [0, 0.05) is 24.5 Å². The third kappa shape index (κ3) is 3.81. The van der Waals surface area contributed by atoms with Crippen molar-refractivity contribution in [2.45, 2.75) is 64.5 Å². The van der Waals surface area contributed by atoms with Crippen molar-refractivity contribution < 1.29 is 0 Å². The molecule has 2 heteroatoms. The van der Waals surface area contributed by atoms with Gasteiger partial charge in [-0.1, -0.05) is 32.3 Å². The molecule has 1 aromatic rings. The van der Waals surface area contributed by atoms with Crippen LogP contribution in [0.4, 0.5) is 0 Å². The summed E-state index contributed by atoms with van der Waals surface area (Å²) >= 11 is 0. The molecule has 2 rings (SSSR count). The Morgan fingerprint density at radius 2 is 2.22 bits per heavy atom. The summed E-state index contributed by atoms with van der Waals surface area (Å²) < 4.78 is 0. The highest BCUT2D eigenvalue weighted by molar-refractivity contribution is 5.13. The molecule has 3 atom stereocenters. The van der Waals surface area contributed by atoms with Crippen LogP contribution in [0.5, 0.6) is 0 Å². The molecule has 0 amide bonds. The Kier molecular flexibility index (Phi) is 5.18. The van der Waals surface area contributed by atoms with Gasteiger partial charge in [0.15, 0.2) is 0 Å². The van der Waals surface area contributed by atoms with E-state index in [9.17, 15) is 0 Å². The quantitative estimate of drug-likeness (QED) is 0.809. The lowest BCUT2D eigenvalue weighted by atomic mass is 9.97. The maximum absolute atomic E-state index is 4.20. The van der Waals surface area contributed by atoms with Gasteiger partial charge in [-0.05, 0) is 43.7 Å². The van der Waals surface area contributed by atoms with Gasteiger partial charge in [-0.3, -0.25) is 4.98 Å². The Morgan fingerprint density at radius 3 is 2.94 bits per heavy atom. The molecular weight excluding hydrogens is 220 g/mol. The van der Waals surface area contributed by atoms with Gasteiger partial charge in [0.1, 0.15) is 0 Å². The minimum absolute atomic E-state index is 0.418. The third-order valence-corrected chi connectivity index (χ3v) is 4.34. The molecule has 0 saturated heterocycles. The van der Waals surface area contributed by atoms with E-state index in [4.69, 9.17) is 0 Å². The van der Waals surface area contributed by atoms with Crippen molar-refractivity contribution in [2.24, 2.45) is 5.92 Å². The standard InChI is InChI=1S/C16H26N2/c1-3-14-6-4-8-16(10-9-14)18-13(2)15-7-5-11-17-12-15/h5,7,11-14,16,18H,3-4,6,8-10H2,1-2H3/t13-,14?,16?/m0/s1. The molecule has 0 spiro atoms. The Balaban J connectivity index is 1.86. The number of nitrogens with zero attached hydrogens (tertiary/aromatic N) is 1. The van der Waals surface area contributed by atoms with Crippen LogP contribution >= 0.6 is 0 Å². The van der Waals surface area contributed by atoms with Crippen LogP contribution in [0, 0.1) is 5.92 Å². The molecule has 1 aliphatic carbocycles. The molecule has 1 aliphatic rings. The molecule has 1 saturated carbocycles. The first-order valence-corrected chi connectivity index (χ1v) is 7.45. The van der Waals surface area contributed by atoms with Crippen molar-refractivity contribution in [1.82, 2.24) is 10.3 Å². The molecule has 0 aromatic carbocycles. The first kappa shape index (κ1) is 13.5. The first-order chi connectivity index (χ1) is 8.79. The van der Waals surface area contributed by atoms with Gasteiger partial charge in [-0.25, -0.2) is 0 Å². The van der Waals surface area contributed by atoms with E-state index < -0.39 is 0 Å². The Labute approximate surface area is 111 Å². The third-order valence-electron chi connectivity index (χ3n) is 4.34. The highest BCUT2D eigenvalue weighted by Crippen LogP contribution is 2.26. The highest BCUT2D eigenvalue weighted by atomic mass is 14.9. The van der Waals surface area contributed by atoms with Crippen molar-refractivity contribution in [2.75, 3.05) is 0 Å². The van der Waals surface area contributed by atoms with Crippen molar-refractivity contribution in [3.63, 3.8) is 0 Å². The molecule has 1 aromatic heterocycles. The van der Waals surface area contributed by atoms with Crippen LogP contribution < -0.4 is 5.32 Å². The average molecular weight is 246 g/mol. The summed E-state index contributed by atoms with van der Waals surface area (Å²) in [6.45, 7) is 4.58. The topological polar surface area (TPSA) is 24.9 Å². The SMILES string of the molecule is CCC1CCCC(N[C@@H](C)c2cccnc2)CC1. The second kappa shape index (κ2) is 6.89. The van der Waals surface area contributed by atoms with Gasteiger partial charge in [0.2, 0.25) is 0 Å². The van der Waals surface area contributed by atoms with Crippen molar-refractivity contribution in [3.8, 4) is 0 Å². The van der Waals surface area contributed by atoms with Gasteiger partial charge in [0.05, 0.1) is 0 Å². The zero-order chi connectivity index (χ0) is 12.8. The van der Waals surface area contributed by atoms with Crippen LogP contribution in [0.3, 0.4) is 0 Å². The van der Waals surface area contributed by atoms with Crippen LogP contribution in [0.2, 0.25) is 0 Å². The smallest absolute Gasteiger partial charge is 0.0315 e. The second-order valence-electron chi connectivity index (χ2n) is 5.65. The second-order valence-corrected chi connectivity index (χ2v) is 5.65. The van der Waals surface area contributed by atoms with E-state index in [0.29, 0.717) is 12.1 Å². The van der Waals surface area contributed by atoms with Gasteiger partial charge in [0.25, 0.3) is 0 Å². The van der Waals surface area contributed by atoms with E-state index in [-0.39, 0.29) is 0 Å². The number of rotatable bonds is 4. The van der Waals surface area contributed by atoms with Crippen LogP contribution in [-0.2, 0) is 0 Å². The van der Waals surface area contributed by atoms with Gasteiger partial charge >= 0.3 is 0 Å². The van der Waals surface area contributed by atoms with Gasteiger partial charge < -0.3 is 5.32 Å². The van der Waals surface area contributed by atoms with E-state index in [1.54, 1.807) is 0 Å². The predicted octanol–water partition coefficient (Wildman–Crippen LogP) is 4.09. The van der Waals surface area contributed by atoms with Crippen molar-refractivity contribution in [1.29, 1.82) is 0 Å². The van der Waals surface area contributed by atoms with Crippen LogP contribution in [0.15, 0.2) is 24.5 Å². The zero-order valence-corrected chi connectivity index (χ0v) is 11.7. The monoisotopic (exact) mass is 246 g/mol. The molecule has 18 heavy (non-hydrogen) atoms. The molecule has 1 heterocycles. The van der Waals surface area contributed by atoms with Crippen LogP contribution in [0.1, 0.15) is 64.0 Å². The number of hydrogen-bond acceptors (Lipinski definition) is 2. The fourth-order valence-corrected chi connectivity index (χ4v) is 3.04. The molecule has 1 N–H and O–H groups in total. The molecule has 100 valence electrons. The van der Waals surface area contributed by atoms with Gasteiger partial charge in [-0.15, -0.1) is 0 Å². The normalized spacial score (nSPS) is 26.6. The fraction of sp³-hybridized carbons (Fsp3) is 0.688. The van der Waals surface area contributed by atoms with E-state index in [1.807, 2.05) is 18.5 Å². The summed E-state index contributed by atoms with van der Waals surface area (Å²) in [6.07, 6.45) is 12.0. The van der Waals surface area contributed by atoms with E-state index in [2.05, 4.69) is 30.2 Å². The number of nitrogens with one attached hydrogen (secondary N) is 1. The van der Waals surface area contributed by atoms with Gasteiger partial charge in [-0.2, -0.15) is 0 Å². The van der Waals surface area contributed by atoms with E-state index in [1.165, 1.54) is 44.1 Å².